The Bertz CT molecular complexity index is 1100. The van der Waals surface area contributed by atoms with E-state index in [9.17, 15) is 18.5 Å². The van der Waals surface area contributed by atoms with E-state index >= 15 is 0 Å². The van der Waals surface area contributed by atoms with Gasteiger partial charge in [0.2, 0.25) is 5.91 Å². The van der Waals surface area contributed by atoms with Crippen LogP contribution in [0.4, 0.5) is 5.82 Å². The van der Waals surface area contributed by atoms with Gasteiger partial charge in [0.15, 0.2) is 9.84 Å². The lowest BCUT2D eigenvalue weighted by Crippen LogP contribution is -2.48. The molecule has 30 heavy (non-hydrogen) atoms. The second kappa shape index (κ2) is 7.43. The van der Waals surface area contributed by atoms with Gasteiger partial charge in [0.05, 0.1) is 23.6 Å². The highest BCUT2D eigenvalue weighted by Crippen LogP contribution is 2.36. The summed E-state index contributed by atoms with van der Waals surface area (Å²) in [4.78, 5) is 14.9. The number of carbonyl (C=O) groups is 1. The number of anilines is 1. The average Bonchev–Trinajstić information content (AvgIpc) is 3.15. The Morgan fingerprint density at radius 2 is 2.03 bits per heavy atom. The van der Waals surface area contributed by atoms with Crippen LogP contribution in [0.15, 0.2) is 36.4 Å². The molecule has 1 aromatic carbocycles. The molecule has 1 aliphatic heterocycles. The van der Waals surface area contributed by atoms with Crippen LogP contribution in [-0.4, -0.2) is 53.7 Å². The monoisotopic (exact) mass is 427 g/mol. The Hall–Kier alpha value is -2.86. The Labute approximate surface area is 176 Å². The quantitative estimate of drug-likeness (QED) is 0.747. The summed E-state index contributed by atoms with van der Waals surface area (Å²) in [5.74, 6) is 0.412. The number of hydrogen-bond acceptors (Lipinski definition) is 6. The molecule has 8 nitrogen and oxygen atoms in total. The van der Waals surface area contributed by atoms with Crippen molar-refractivity contribution in [1.82, 2.24) is 15.1 Å². The standard InChI is InChI=1S/C21H25N5O3S/c1-15-10-19(26(24-15)12-16-6-4-3-5-7-16)25-13-17(30(2,28)29)11-18(25)20(27)23-21(14-22)8-9-21/h3-7,10,17-18H,8-9,11-13H2,1-2H3,(H,23,27)/t17-,18+/m1/s1. The van der Waals surface area contributed by atoms with Crippen molar-refractivity contribution in [2.45, 2.75) is 49.6 Å². The third-order valence-electron chi connectivity index (χ3n) is 5.85. The van der Waals surface area contributed by atoms with Crippen LogP contribution in [0.1, 0.15) is 30.5 Å². The molecule has 1 N–H and O–H groups in total. The van der Waals surface area contributed by atoms with Crippen molar-refractivity contribution in [3.8, 4) is 6.07 Å². The lowest BCUT2D eigenvalue weighted by molar-refractivity contribution is -0.122. The first-order valence-corrected chi connectivity index (χ1v) is 11.9. The van der Waals surface area contributed by atoms with Gasteiger partial charge in [-0.15, -0.1) is 0 Å². The topological polar surface area (TPSA) is 108 Å². The molecule has 2 aromatic rings. The third kappa shape index (κ3) is 4.05. The van der Waals surface area contributed by atoms with Gasteiger partial charge < -0.3 is 10.2 Å². The first kappa shape index (κ1) is 20.4. The Morgan fingerprint density at radius 3 is 2.63 bits per heavy atom. The predicted molar refractivity (Wildman–Crippen MR) is 113 cm³/mol. The van der Waals surface area contributed by atoms with Gasteiger partial charge in [-0.25, -0.2) is 13.1 Å². The van der Waals surface area contributed by atoms with E-state index < -0.39 is 26.7 Å². The summed E-state index contributed by atoms with van der Waals surface area (Å²) >= 11 is 0. The number of hydrogen-bond donors (Lipinski definition) is 1. The largest absolute Gasteiger partial charge is 0.343 e. The first-order chi connectivity index (χ1) is 14.2. The van der Waals surface area contributed by atoms with Crippen LogP contribution < -0.4 is 10.2 Å². The maximum absolute atomic E-state index is 13.1. The highest BCUT2D eigenvalue weighted by Gasteiger charge is 2.49. The molecular formula is C21H25N5O3S. The van der Waals surface area contributed by atoms with Crippen molar-refractivity contribution in [3.63, 3.8) is 0 Å². The number of aryl methyl sites for hydroxylation is 1. The van der Waals surface area contributed by atoms with Crippen LogP contribution in [-0.2, 0) is 21.2 Å². The van der Waals surface area contributed by atoms with Gasteiger partial charge >= 0.3 is 0 Å². The summed E-state index contributed by atoms with van der Waals surface area (Å²) in [5, 5.41) is 16.1. The first-order valence-electron chi connectivity index (χ1n) is 9.98. The summed E-state index contributed by atoms with van der Waals surface area (Å²) in [6.45, 7) is 2.61. The van der Waals surface area contributed by atoms with Crippen LogP contribution in [0.3, 0.4) is 0 Å². The number of carbonyl (C=O) groups excluding carboxylic acids is 1. The third-order valence-corrected chi connectivity index (χ3v) is 7.40. The lowest BCUT2D eigenvalue weighted by Gasteiger charge is -2.27. The zero-order chi connectivity index (χ0) is 21.5. The second-order valence-corrected chi connectivity index (χ2v) is 10.7. The van der Waals surface area contributed by atoms with E-state index in [0.717, 1.165) is 11.3 Å². The number of rotatable bonds is 6. The maximum Gasteiger partial charge on any atom is 0.244 e. The lowest BCUT2D eigenvalue weighted by atomic mass is 10.1. The summed E-state index contributed by atoms with van der Waals surface area (Å²) in [6, 6.07) is 13.2. The molecule has 1 aromatic heterocycles. The zero-order valence-corrected chi connectivity index (χ0v) is 17.9. The minimum Gasteiger partial charge on any atom is -0.343 e. The van der Waals surface area contributed by atoms with Gasteiger partial charge in [-0.3, -0.25) is 4.79 Å². The number of nitriles is 1. The molecule has 0 bridgehead atoms. The van der Waals surface area contributed by atoms with E-state index in [4.69, 9.17) is 0 Å². The van der Waals surface area contributed by atoms with E-state index in [-0.39, 0.29) is 18.9 Å². The van der Waals surface area contributed by atoms with Gasteiger partial charge in [0.25, 0.3) is 0 Å². The van der Waals surface area contributed by atoms with Crippen LogP contribution in [0, 0.1) is 18.3 Å². The highest BCUT2D eigenvalue weighted by atomic mass is 32.2. The fourth-order valence-electron chi connectivity index (χ4n) is 3.95. The van der Waals surface area contributed by atoms with Crippen molar-refractivity contribution in [2.24, 2.45) is 0 Å². The summed E-state index contributed by atoms with van der Waals surface area (Å²) < 4.78 is 26.4. The second-order valence-electron chi connectivity index (χ2n) is 8.33. The van der Waals surface area contributed by atoms with Crippen LogP contribution in [0.5, 0.6) is 0 Å². The number of aromatic nitrogens is 2. The SMILES string of the molecule is Cc1cc(N2C[C@H](S(C)(=O)=O)C[C@H]2C(=O)NC2(C#N)CC2)n(Cc2ccccc2)n1. The molecule has 1 amide bonds. The average molecular weight is 428 g/mol. The van der Waals surface area contributed by atoms with Gasteiger partial charge in [-0.05, 0) is 31.7 Å². The number of sulfone groups is 1. The molecule has 1 aliphatic carbocycles. The molecule has 2 atom stereocenters. The molecule has 1 saturated heterocycles. The molecular weight excluding hydrogens is 402 g/mol. The smallest absolute Gasteiger partial charge is 0.244 e. The van der Waals surface area contributed by atoms with E-state index in [1.807, 2.05) is 52.9 Å². The zero-order valence-electron chi connectivity index (χ0n) is 17.1. The van der Waals surface area contributed by atoms with Gasteiger partial charge in [-0.2, -0.15) is 10.4 Å². The molecule has 9 heteroatoms. The molecule has 158 valence electrons. The van der Waals surface area contributed by atoms with Crippen molar-refractivity contribution in [1.29, 1.82) is 5.26 Å². The summed E-state index contributed by atoms with van der Waals surface area (Å²) in [7, 11) is -3.32. The van der Waals surface area contributed by atoms with Crippen molar-refractivity contribution in [3.05, 3.63) is 47.7 Å². The Kier molecular flexibility index (Phi) is 5.06. The predicted octanol–water partition coefficient (Wildman–Crippen LogP) is 1.40. The van der Waals surface area contributed by atoms with Crippen LogP contribution in [0.25, 0.3) is 0 Å². The molecule has 2 aliphatic rings. The number of benzene rings is 1. The van der Waals surface area contributed by atoms with Crippen molar-refractivity contribution >= 4 is 21.6 Å². The normalized spacial score (nSPS) is 22.5. The molecule has 2 heterocycles. The maximum atomic E-state index is 13.1. The Morgan fingerprint density at radius 1 is 1.33 bits per heavy atom. The molecule has 4 rings (SSSR count). The van der Waals surface area contributed by atoms with E-state index in [1.54, 1.807) is 0 Å². The van der Waals surface area contributed by atoms with E-state index in [0.29, 0.717) is 25.2 Å². The molecule has 0 unspecified atom stereocenters. The van der Waals surface area contributed by atoms with E-state index in [1.165, 1.54) is 6.26 Å². The molecule has 1 saturated carbocycles. The van der Waals surface area contributed by atoms with Crippen molar-refractivity contribution in [2.75, 3.05) is 17.7 Å². The van der Waals surface area contributed by atoms with Crippen molar-refractivity contribution < 1.29 is 13.2 Å². The van der Waals surface area contributed by atoms with Gasteiger partial charge in [0, 0.05) is 18.9 Å². The fraction of sp³-hybridized carbons (Fsp3) is 0.476. The minimum absolute atomic E-state index is 0.196. The number of amides is 1. The van der Waals surface area contributed by atoms with E-state index in [2.05, 4.69) is 16.5 Å². The van der Waals surface area contributed by atoms with Gasteiger partial charge in [0.1, 0.15) is 17.4 Å². The number of nitrogens with zero attached hydrogens (tertiary/aromatic N) is 4. The summed E-state index contributed by atoms with van der Waals surface area (Å²) in [6.07, 6.45) is 2.66. The number of nitrogens with one attached hydrogen (secondary N) is 1. The highest BCUT2D eigenvalue weighted by molar-refractivity contribution is 7.91. The minimum atomic E-state index is -3.32. The molecule has 0 radical (unpaired) electrons. The fourth-order valence-corrected chi connectivity index (χ4v) is 4.92. The molecule has 2 fully saturated rings. The Balaban J connectivity index is 1.66. The van der Waals surface area contributed by atoms with Crippen LogP contribution >= 0.6 is 0 Å². The molecule has 0 spiro atoms. The summed E-state index contributed by atoms with van der Waals surface area (Å²) in [5.41, 5.74) is 1.05. The van der Waals surface area contributed by atoms with Crippen LogP contribution in [0.2, 0.25) is 0 Å². The van der Waals surface area contributed by atoms with Gasteiger partial charge in [-0.1, -0.05) is 30.3 Å².